The maximum atomic E-state index is 2.75. The summed E-state index contributed by atoms with van der Waals surface area (Å²) >= 11 is 2.47. The molecule has 0 radical (unpaired) electrons. The van der Waals surface area contributed by atoms with Crippen molar-refractivity contribution in [2.45, 2.75) is 96.3 Å². The van der Waals surface area contributed by atoms with Crippen molar-refractivity contribution < 1.29 is 20.4 Å². The third kappa shape index (κ3) is 5.03. The fraction of sp³-hybridized carbons (Fsp3) is 0.826. The molecule has 3 heteroatoms. The summed E-state index contributed by atoms with van der Waals surface area (Å²) in [4.78, 5) is 0. The molecule has 1 atom stereocenters. The van der Waals surface area contributed by atoms with Crippen LogP contribution in [0.3, 0.4) is 0 Å². The van der Waals surface area contributed by atoms with Crippen molar-refractivity contribution in [3.8, 4) is 0 Å². The summed E-state index contributed by atoms with van der Waals surface area (Å²) < 4.78 is 1.71. The van der Waals surface area contributed by atoms with E-state index >= 15 is 0 Å². The molecule has 3 fully saturated rings. The van der Waals surface area contributed by atoms with Gasteiger partial charge in [0.15, 0.2) is 0 Å². The number of halogens is 2. The molecule has 0 bridgehead atoms. The molecule has 0 N–H and O–H groups in total. The second-order valence-corrected chi connectivity index (χ2v) is 9.88. The van der Waals surface area contributed by atoms with Gasteiger partial charge in [0.1, 0.15) is 0 Å². The average Bonchev–Trinajstić information content (AvgIpc) is 3.01. The standard InChI is InChI=1S/C23H35.2ClH.Ti/c1-4-10-18(11-5-1)21-16-17-22(19-12-6-2-7-13-19)23(21)20-14-8-3-9-15-20;;;/h16,18-21H,1-15H2;2*1H;. The zero-order valence-corrected chi connectivity index (χ0v) is 19.5. The molecule has 4 aliphatic carbocycles. The molecule has 4 aliphatic rings. The second-order valence-electron chi connectivity index (χ2n) is 9.04. The van der Waals surface area contributed by atoms with Crippen LogP contribution >= 0.6 is 24.8 Å². The summed E-state index contributed by atoms with van der Waals surface area (Å²) in [5.41, 5.74) is 3.89. The number of rotatable bonds is 3. The summed E-state index contributed by atoms with van der Waals surface area (Å²) in [6.07, 6.45) is 25.1. The second kappa shape index (κ2) is 11.1. The van der Waals surface area contributed by atoms with E-state index < -0.39 is 0 Å². The molecule has 0 aromatic rings. The topological polar surface area (TPSA) is 0 Å². The summed E-state index contributed by atoms with van der Waals surface area (Å²) in [7, 11) is 0. The van der Waals surface area contributed by atoms with E-state index in [0.717, 1.165) is 23.7 Å². The van der Waals surface area contributed by atoms with E-state index in [-0.39, 0.29) is 24.8 Å². The molecule has 147 valence electrons. The van der Waals surface area contributed by atoms with Gasteiger partial charge >= 0.3 is 162 Å². The van der Waals surface area contributed by atoms with E-state index in [1.165, 1.54) is 96.3 Å². The molecule has 0 aromatic carbocycles. The Balaban J connectivity index is 0.00000121. The van der Waals surface area contributed by atoms with Gasteiger partial charge < -0.3 is 0 Å². The van der Waals surface area contributed by atoms with Gasteiger partial charge in [0.25, 0.3) is 0 Å². The number of allylic oxidation sites excluding steroid dienone is 4. The zero-order chi connectivity index (χ0) is 16.4. The van der Waals surface area contributed by atoms with Crippen LogP contribution in [0.5, 0.6) is 0 Å². The minimum absolute atomic E-state index is 0. The summed E-state index contributed by atoms with van der Waals surface area (Å²) in [5, 5.41) is 0. The zero-order valence-electron chi connectivity index (χ0n) is 16.3. The Kier molecular flexibility index (Phi) is 9.83. The monoisotopic (exact) mass is 431 g/mol. The van der Waals surface area contributed by atoms with Gasteiger partial charge in [-0.05, 0) is 0 Å². The van der Waals surface area contributed by atoms with Crippen molar-refractivity contribution >= 4 is 24.8 Å². The predicted octanol–water partition coefficient (Wildman–Crippen LogP) is 7.93. The molecule has 0 heterocycles. The van der Waals surface area contributed by atoms with Crippen LogP contribution in [0.25, 0.3) is 0 Å². The fourth-order valence-corrected chi connectivity index (χ4v) is 7.15. The van der Waals surface area contributed by atoms with Gasteiger partial charge in [-0.25, -0.2) is 0 Å². The molecule has 0 saturated heterocycles. The van der Waals surface area contributed by atoms with Crippen LogP contribution in [-0.2, 0) is 20.4 Å². The molecule has 0 aliphatic heterocycles. The summed E-state index contributed by atoms with van der Waals surface area (Å²) in [6, 6.07) is 0. The first-order valence-corrected chi connectivity index (χ1v) is 11.8. The van der Waals surface area contributed by atoms with Crippen LogP contribution in [0, 0.1) is 23.7 Å². The van der Waals surface area contributed by atoms with Gasteiger partial charge in [0, 0.05) is 0 Å². The van der Waals surface area contributed by atoms with E-state index in [4.69, 9.17) is 0 Å². The number of hydrogen-bond acceptors (Lipinski definition) is 0. The normalized spacial score (nSPS) is 29.0. The Morgan fingerprint density at radius 1 is 0.615 bits per heavy atom. The van der Waals surface area contributed by atoms with E-state index in [2.05, 4.69) is 26.5 Å². The van der Waals surface area contributed by atoms with Gasteiger partial charge in [0.2, 0.25) is 0 Å². The summed E-state index contributed by atoms with van der Waals surface area (Å²) in [5.74, 6) is 3.67. The average molecular weight is 432 g/mol. The summed E-state index contributed by atoms with van der Waals surface area (Å²) in [6.45, 7) is 0. The van der Waals surface area contributed by atoms with Crippen LogP contribution in [0.1, 0.15) is 96.3 Å². The first-order chi connectivity index (χ1) is 11.8. The molecule has 1 unspecified atom stereocenters. The van der Waals surface area contributed by atoms with E-state index in [9.17, 15) is 0 Å². The van der Waals surface area contributed by atoms with Gasteiger partial charge in [-0.1, -0.05) is 0 Å². The molecule has 0 amide bonds. The Morgan fingerprint density at radius 3 is 1.62 bits per heavy atom. The number of hydrogen-bond donors (Lipinski definition) is 0. The van der Waals surface area contributed by atoms with Crippen molar-refractivity contribution in [1.82, 2.24) is 0 Å². The van der Waals surface area contributed by atoms with Crippen LogP contribution < -0.4 is 0 Å². The fourth-order valence-electron chi connectivity index (χ4n) is 6.33. The first kappa shape index (κ1) is 23.1. The van der Waals surface area contributed by atoms with Crippen LogP contribution in [-0.4, -0.2) is 0 Å². The van der Waals surface area contributed by atoms with Crippen molar-refractivity contribution in [3.05, 3.63) is 21.1 Å². The molecule has 4 rings (SSSR count). The quantitative estimate of drug-likeness (QED) is 0.397. The molecular formula is C23H37Cl2Ti. The Hall–Kier alpha value is 0.774. The Labute approximate surface area is 185 Å². The third-order valence-electron chi connectivity index (χ3n) is 7.52. The maximum absolute atomic E-state index is 2.75. The van der Waals surface area contributed by atoms with E-state index in [1.54, 1.807) is 3.88 Å². The first-order valence-electron chi connectivity index (χ1n) is 11.0. The van der Waals surface area contributed by atoms with Gasteiger partial charge in [-0.15, -0.1) is 24.8 Å². The van der Waals surface area contributed by atoms with Crippen LogP contribution in [0.4, 0.5) is 0 Å². The SMILES string of the molecule is Cl.Cl.[Ti][C]1=CC(C2CCCCC2)C(C2CCCCC2)=C1C1CCCCC1. The molecular weight excluding hydrogens is 395 g/mol. The van der Waals surface area contributed by atoms with Crippen LogP contribution in [0.2, 0.25) is 0 Å². The van der Waals surface area contributed by atoms with Crippen molar-refractivity contribution in [2.24, 2.45) is 23.7 Å². The Morgan fingerprint density at radius 2 is 1.08 bits per heavy atom. The van der Waals surface area contributed by atoms with Gasteiger partial charge in [-0.3, -0.25) is 0 Å². The van der Waals surface area contributed by atoms with Crippen molar-refractivity contribution in [2.75, 3.05) is 0 Å². The minimum atomic E-state index is 0. The molecule has 0 aromatic heterocycles. The predicted molar refractivity (Wildman–Crippen MR) is 113 cm³/mol. The molecule has 26 heavy (non-hydrogen) atoms. The van der Waals surface area contributed by atoms with Gasteiger partial charge in [-0.2, -0.15) is 0 Å². The van der Waals surface area contributed by atoms with Gasteiger partial charge in [0.05, 0.1) is 0 Å². The van der Waals surface area contributed by atoms with Crippen LogP contribution in [0.15, 0.2) is 21.1 Å². The Bertz CT molecular complexity index is 492. The molecule has 3 saturated carbocycles. The molecule has 0 spiro atoms. The third-order valence-corrected chi connectivity index (χ3v) is 8.20. The van der Waals surface area contributed by atoms with E-state index in [1.807, 2.05) is 11.1 Å². The van der Waals surface area contributed by atoms with E-state index in [0.29, 0.717) is 0 Å². The van der Waals surface area contributed by atoms with Crippen molar-refractivity contribution in [1.29, 1.82) is 0 Å². The van der Waals surface area contributed by atoms with Crippen molar-refractivity contribution in [3.63, 3.8) is 0 Å². The molecule has 0 nitrogen and oxygen atoms in total.